The molecule has 1 aliphatic heterocycles. The zero-order valence-electron chi connectivity index (χ0n) is 13.9. The number of aromatic nitrogens is 1. The third-order valence-electron chi connectivity index (χ3n) is 4.49. The first kappa shape index (κ1) is 17.7. The molecule has 2 N–H and O–H groups in total. The van der Waals surface area contributed by atoms with Gasteiger partial charge in [-0.2, -0.15) is 0 Å². The number of anilines is 1. The van der Waals surface area contributed by atoms with Gasteiger partial charge in [0.05, 0.1) is 17.4 Å². The molecule has 0 bridgehead atoms. The lowest BCUT2D eigenvalue weighted by atomic mass is 10.1. The Morgan fingerprint density at radius 2 is 2.00 bits per heavy atom. The summed E-state index contributed by atoms with van der Waals surface area (Å²) in [5.74, 6) is 2.77. The van der Waals surface area contributed by atoms with Crippen LogP contribution in [-0.2, 0) is 10.0 Å². The summed E-state index contributed by atoms with van der Waals surface area (Å²) in [7, 11) is -3.08. The van der Waals surface area contributed by atoms with E-state index in [0.29, 0.717) is 24.5 Å². The van der Waals surface area contributed by atoms with Gasteiger partial charge in [0, 0.05) is 25.3 Å². The highest BCUT2D eigenvalue weighted by Gasteiger charge is 2.41. The largest absolute Gasteiger partial charge is 0.367 e. The van der Waals surface area contributed by atoms with Crippen LogP contribution in [0.15, 0.2) is 18.3 Å². The Kier molecular flexibility index (Phi) is 5.25. The monoisotopic (exact) mass is 362 g/mol. The molecule has 0 aromatic carbocycles. The van der Waals surface area contributed by atoms with E-state index in [-0.39, 0.29) is 23.7 Å². The molecule has 7 nitrogen and oxygen atoms in total. The molecule has 0 atom stereocenters. The van der Waals surface area contributed by atoms with Crippen LogP contribution in [0.5, 0.6) is 0 Å². The number of pyridine rings is 1. The van der Waals surface area contributed by atoms with Gasteiger partial charge in [-0.15, -0.1) is 6.42 Å². The van der Waals surface area contributed by atoms with E-state index in [0.717, 1.165) is 25.7 Å². The molecule has 1 aromatic heterocycles. The summed E-state index contributed by atoms with van der Waals surface area (Å²) in [6.45, 7) is 1.27. The van der Waals surface area contributed by atoms with E-state index in [4.69, 9.17) is 6.42 Å². The Labute approximate surface area is 148 Å². The molecule has 1 saturated heterocycles. The number of sulfonamides is 1. The van der Waals surface area contributed by atoms with Crippen molar-refractivity contribution in [1.29, 1.82) is 0 Å². The van der Waals surface area contributed by atoms with Crippen molar-refractivity contribution in [3.63, 3.8) is 0 Å². The summed E-state index contributed by atoms with van der Waals surface area (Å²) in [6.07, 6.45) is 9.70. The standard InChI is InChI=1S/C17H22N4O3S/c1-2-9-18-17(22)13-3-6-16(19-12-13)20-14-7-10-21(11-8-14)25(23,24)15-4-5-15/h1,3,6,12,14-15H,4-5,7-11H2,(H,18,22)(H,19,20). The van der Waals surface area contributed by atoms with Crippen molar-refractivity contribution in [2.75, 3.05) is 25.0 Å². The van der Waals surface area contributed by atoms with Crippen molar-refractivity contribution in [2.45, 2.75) is 37.0 Å². The topological polar surface area (TPSA) is 91.4 Å². The average molecular weight is 362 g/mol. The normalized spacial score (nSPS) is 19.2. The number of terminal acetylenes is 1. The summed E-state index contributed by atoms with van der Waals surface area (Å²) in [6, 6.07) is 3.62. The van der Waals surface area contributed by atoms with Gasteiger partial charge in [-0.05, 0) is 37.8 Å². The van der Waals surface area contributed by atoms with Crippen LogP contribution in [0, 0.1) is 12.3 Å². The van der Waals surface area contributed by atoms with Gasteiger partial charge in [0.2, 0.25) is 10.0 Å². The van der Waals surface area contributed by atoms with E-state index < -0.39 is 10.0 Å². The molecule has 2 fully saturated rings. The highest BCUT2D eigenvalue weighted by Crippen LogP contribution is 2.32. The van der Waals surface area contributed by atoms with E-state index >= 15 is 0 Å². The van der Waals surface area contributed by atoms with Crippen LogP contribution in [0.1, 0.15) is 36.0 Å². The Balaban J connectivity index is 1.50. The zero-order chi connectivity index (χ0) is 17.9. The second-order valence-corrected chi connectivity index (χ2v) is 8.59. The van der Waals surface area contributed by atoms with Crippen LogP contribution >= 0.6 is 0 Å². The van der Waals surface area contributed by atoms with Gasteiger partial charge >= 0.3 is 0 Å². The molecule has 3 rings (SSSR count). The van der Waals surface area contributed by atoms with Gasteiger partial charge in [0.25, 0.3) is 5.91 Å². The summed E-state index contributed by atoms with van der Waals surface area (Å²) in [5, 5.41) is 5.75. The van der Waals surface area contributed by atoms with Crippen molar-refractivity contribution in [1.82, 2.24) is 14.6 Å². The molecule has 25 heavy (non-hydrogen) atoms. The first-order valence-corrected chi connectivity index (χ1v) is 9.94. The first-order valence-electron chi connectivity index (χ1n) is 8.44. The van der Waals surface area contributed by atoms with Gasteiger partial charge < -0.3 is 10.6 Å². The lowest BCUT2D eigenvalue weighted by molar-refractivity contribution is 0.0958. The Bertz CT molecular complexity index is 758. The lowest BCUT2D eigenvalue weighted by Gasteiger charge is -2.31. The fourth-order valence-corrected chi connectivity index (χ4v) is 4.76. The van der Waals surface area contributed by atoms with E-state index in [1.54, 1.807) is 16.4 Å². The van der Waals surface area contributed by atoms with Crippen LogP contribution < -0.4 is 10.6 Å². The highest BCUT2D eigenvalue weighted by atomic mass is 32.2. The molecule has 0 unspecified atom stereocenters. The van der Waals surface area contributed by atoms with Crippen LogP contribution in [0.4, 0.5) is 5.82 Å². The number of hydrogen-bond acceptors (Lipinski definition) is 5. The van der Waals surface area contributed by atoms with E-state index in [1.165, 1.54) is 6.20 Å². The van der Waals surface area contributed by atoms with Gasteiger partial charge in [0.15, 0.2) is 0 Å². The smallest absolute Gasteiger partial charge is 0.253 e. The van der Waals surface area contributed by atoms with Crippen molar-refractivity contribution >= 4 is 21.7 Å². The molecule has 1 aromatic rings. The van der Waals surface area contributed by atoms with Gasteiger partial charge in [-0.25, -0.2) is 17.7 Å². The van der Waals surface area contributed by atoms with Crippen LogP contribution in [-0.4, -0.2) is 54.5 Å². The molecule has 2 aliphatic rings. The molecule has 1 saturated carbocycles. The number of piperidine rings is 1. The molecule has 0 radical (unpaired) electrons. The zero-order valence-corrected chi connectivity index (χ0v) is 14.8. The predicted molar refractivity (Wildman–Crippen MR) is 95.6 cm³/mol. The summed E-state index contributed by atoms with van der Waals surface area (Å²) in [4.78, 5) is 16.0. The van der Waals surface area contributed by atoms with Crippen molar-refractivity contribution < 1.29 is 13.2 Å². The molecule has 134 valence electrons. The number of amides is 1. The fraction of sp³-hybridized carbons (Fsp3) is 0.529. The third-order valence-corrected chi connectivity index (χ3v) is 6.89. The third kappa shape index (κ3) is 4.30. The molecule has 2 heterocycles. The van der Waals surface area contributed by atoms with Crippen molar-refractivity contribution in [3.8, 4) is 12.3 Å². The first-order chi connectivity index (χ1) is 12.0. The number of rotatable bonds is 6. The molecule has 0 spiro atoms. The Hall–Kier alpha value is -2.11. The number of nitrogens with one attached hydrogen (secondary N) is 2. The van der Waals surface area contributed by atoms with Crippen LogP contribution in [0.3, 0.4) is 0 Å². The molecule has 8 heteroatoms. The number of nitrogens with zero attached hydrogens (tertiary/aromatic N) is 2. The Morgan fingerprint density at radius 1 is 1.28 bits per heavy atom. The number of carbonyl (C=O) groups excluding carboxylic acids is 1. The average Bonchev–Trinajstić information content (AvgIpc) is 3.46. The maximum absolute atomic E-state index is 12.2. The Morgan fingerprint density at radius 3 is 2.56 bits per heavy atom. The number of hydrogen-bond donors (Lipinski definition) is 2. The maximum Gasteiger partial charge on any atom is 0.253 e. The minimum atomic E-state index is -3.08. The van der Waals surface area contributed by atoms with Crippen molar-refractivity contribution in [2.24, 2.45) is 0 Å². The van der Waals surface area contributed by atoms with E-state index in [9.17, 15) is 13.2 Å². The lowest BCUT2D eigenvalue weighted by Crippen LogP contribution is -2.43. The summed E-state index contributed by atoms with van der Waals surface area (Å²) < 4.78 is 26.1. The molecule has 1 aliphatic carbocycles. The minimum Gasteiger partial charge on any atom is -0.367 e. The molecular formula is C17H22N4O3S. The predicted octanol–water partition coefficient (Wildman–Crippen LogP) is 0.813. The van der Waals surface area contributed by atoms with E-state index in [2.05, 4.69) is 21.5 Å². The van der Waals surface area contributed by atoms with Gasteiger partial charge in [-0.3, -0.25) is 4.79 Å². The summed E-state index contributed by atoms with van der Waals surface area (Å²) >= 11 is 0. The second-order valence-electron chi connectivity index (χ2n) is 6.38. The maximum atomic E-state index is 12.2. The fourth-order valence-electron chi connectivity index (χ4n) is 2.89. The SMILES string of the molecule is C#CCNC(=O)c1ccc(NC2CCN(S(=O)(=O)C3CC3)CC2)nc1. The van der Waals surface area contributed by atoms with Gasteiger partial charge in [0.1, 0.15) is 5.82 Å². The highest BCUT2D eigenvalue weighted by molar-refractivity contribution is 7.90. The van der Waals surface area contributed by atoms with Crippen LogP contribution in [0.25, 0.3) is 0 Å². The summed E-state index contributed by atoms with van der Waals surface area (Å²) in [5.41, 5.74) is 0.450. The second kappa shape index (κ2) is 7.42. The number of carbonyl (C=O) groups is 1. The van der Waals surface area contributed by atoms with E-state index in [1.807, 2.05) is 0 Å². The molecule has 1 amide bonds. The van der Waals surface area contributed by atoms with Crippen molar-refractivity contribution in [3.05, 3.63) is 23.9 Å². The minimum absolute atomic E-state index is 0.146. The van der Waals surface area contributed by atoms with Crippen LogP contribution in [0.2, 0.25) is 0 Å². The molecular weight excluding hydrogens is 340 g/mol. The quantitative estimate of drug-likeness (QED) is 0.731. The van der Waals surface area contributed by atoms with Gasteiger partial charge in [-0.1, -0.05) is 5.92 Å².